The van der Waals surface area contributed by atoms with Gasteiger partial charge in [0.25, 0.3) is 0 Å². The highest BCUT2D eigenvalue weighted by Gasteiger charge is 2.54. The second kappa shape index (κ2) is 3.73. The number of amides is 1. The van der Waals surface area contributed by atoms with Gasteiger partial charge in [-0.3, -0.25) is 4.79 Å². The Bertz CT molecular complexity index is 317. The minimum Gasteiger partial charge on any atom is -0.480 e. The molecule has 0 bridgehead atoms. The summed E-state index contributed by atoms with van der Waals surface area (Å²) in [6.45, 7) is 2.79. The van der Waals surface area contributed by atoms with Crippen molar-refractivity contribution in [1.82, 2.24) is 10.6 Å². The number of hydrogen-bond donors (Lipinski definition) is 3. The standard InChI is InChI=1S/C11H18N2O3/c1-2-10(4-3-7-12-10)8(14)13-11(5-6-11)9(15)16/h12H,2-7H2,1H3,(H,13,14)(H,15,16). The minimum absolute atomic E-state index is 0.146. The second-order valence-electron chi connectivity index (χ2n) is 4.81. The summed E-state index contributed by atoms with van der Waals surface area (Å²) in [4.78, 5) is 23.1. The van der Waals surface area contributed by atoms with E-state index in [0.29, 0.717) is 19.3 Å². The van der Waals surface area contributed by atoms with E-state index in [4.69, 9.17) is 5.11 Å². The van der Waals surface area contributed by atoms with Gasteiger partial charge in [0.2, 0.25) is 5.91 Å². The molecule has 1 saturated heterocycles. The monoisotopic (exact) mass is 226 g/mol. The SMILES string of the molecule is CCC1(C(=O)NC2(C(=O)O)CC2)CCCN1. The normalized spacial score (nSPS) is 31.1. The van der Waals surface area contributed by atoms with Crippen LogP contribution < -0.4 is 10.6 Å². The van der Waals surface area contributed by atoms with Crippen LogP contribution in [0.3, 0.4) is 0 Å². The van der Waals surface area contributed by atoms with Gasteiger partial charge < -0.3 is 15.7 Å². The van der Waals surface area contributed by atoms with Crippen molar-refractivity contribution in [2.24, 2.45) is 0 Å². The maximum atomic E-state index is 12.1. The van der Waals surface area contributed by atoms with Crippen molar-refractivity contribution in [3.05, 3.63) is 0 Å². The molecule has 1 heterocycles. The van der Waals surface area contributed by atoms with Gasteiger partial charge in [-0.2, -0.15) is 0 Å². The Hall–Kier alpha value is -1.10. The van der Waals surface area contributed by atoms with Crippen molar-refractivity contribution in [2.75, 3.05) is 6.54 Å². The average Bonchev–Trinajstić information content (AvgIpc) is 2.88. The molecule has 0 aromatic heterocycles. The molecule has 90 valence electrons. The van der Waals surface area contributed by atoms with Gasteiger partial charge in [0.05, 0.1) is 5.54 Å². The molecule has 0 radical (unpaired) electrons. The molecule has 2 rings (SSSR count). The van der Waals surface area contributed by atoms with Crippen LogP contribution in [0.25, 0.3) is 0 Å². The largest absolute Gasteiger partial charge is 0.480 e. The van der Waals surface area contributed by atoms with Gasteiger partial charge in [0.15, 0.2) is 0 Å². The average molecular weight is 226 g/mol. The van der Waals surface area contributed by atoms with E-state index in [-0.39, 0.29) is 5.91 Å². The first-order valence-corrected chi connectivity index (χ1v) is 5.86. The van der Waals surface area contributed by atoms with Crippen LogP contribution in [0.5, 0.6) is 0 Å². The number of carbonyl (C=O) groups excluding carboxylic acids is 1. The Kier molecular flexibility index (Phi) is 2.66. The summed E-state index contributed by atoms with van der Waals surface area (Å²) in [5, 5.41) is 14.9. The predicted octanol–water partition coefficient (Wildman–Crippen LogP) is 0.252. The van der Waals surface area contributed by atoms with E-state index in [1.54, 1.807) is 0 Å². The van der Waals surface area contributed by atoms with Gasteiger partial charge in [-0.1, -0.05) is 6.92 Å². The Balaban J connectivity index is 2.05. The zero-order valence-corrected chi connectivity index (χ0v) is 9.51. The van der Waals surface area contributed by atoms with E-state index in [2.05, 4.69) is 10.6 Å². The molecule has 1 amide bonds. The molecule has 2 aliphatic rings. The Morgan fingerprint density at radius 2 is 2.06 bits per heavy atom. The number of carbonyl (C=O) groups is 2. The number of nitrogens with one attached hydrogen (secondary N) is 2. The Morgan fingerprint density at radius 1 is 1.38 bits per heavy atom. The third kappa shape index (κ3) is 1.69. The van der Waals surface area contributed by atoms with Crippen LogP contribution in [-0.4, -0.2) is 34.6 Å². The lowest BCUT2D eigenvalue weighted by Crippen LogP contribution is -2.57. The lowest BCUT2D eigenvalue weighted by molar-refractivity contribution is -0.144. The summed E-state index contributed by atoms with van der Waals surface area (Å²) < 4.78 is 0. The van der Waals surface area contributed by atoms with Crippen molar-refractivity contribution < 1.29 is 14.7 Å². The number of aliphatic carboxylic acids is 1. The van der Waals surface area contributed by atoms with E-state index in [1.165, 1.54) is 0 Å². The van der Waals surface area contributed by atoms with E-state index < -0.39 is 17.0 Å². The van der Waals surface area contributed by atoms with Crippen molar-refractivity contribution in [3.8, 4) is 0 Å². The van der Waals surface area contributed by atoms with Gasteiger partial charge in [-0.25, -0.2) is 4.79 Å². The topological polar surface area (TPSA) is 78.4 Å². The Morgan fingerprint density at radius 3 is 2.44 bits per heavy atom. The molecule has 1 aliphatic carbocycles. The Labute approximate surface area is 94.6 Å². The highest BCUT2D eigenvalue weighted by molar-refractivity contribution is 5.94. The van der Waals surface area contributed by atoms with E-state index in [9.17, 15) is 9.59 Å². The van der Waals surface area contributed by atoms with Crippen LogP contribution in [0, 0.1) is 0 Å². The van der Waals surface area contributed by atoms with Gasteiger partial charge in [0, 0.05) is 0 Å². The number of rotatable bonds is 4. The highest BCUT2D eigenvalue weighted by atomic mass is 16.4. The zero-order valence-electron chi connectivity index (χ0n) is 9.51. The third-order valence-electron chi connectivity index (χ3n) is 3.79. The third-order valence-corrected chi connectivity index (χ3v) is 3.79. The summed E-state index contributed by atoms with van der Waals surface area (Å²) in [7, 11) is 0. The maximum Gasteiger partial charge on any atom is 0.329 e. The van der Waals surface area contributed by atoms with Gasteiger partial charge in [-0.05, 0) is 38.6 Å². The molecule has 3 N–H and O–H groups in total. The first-order valence-electron chi connectivity index (χ1n) is 5.86. The number of hydrogen-bond acceptors (Lipinski definition) is 3. The van der Waals surface area contributed by atoms with Gasteiger partial charge in [0.1, 0.15) is 5.54 Å². The molecule has 5 heteroatoms. The molecule has 1 aliphatic heterocycles. The number of carboxylic acid groups (broad SMARTS) is 1. The van der Waals surface area contributed by atoms with Crippen LogP contribution in [0.2, 0.25) is 0 Å². The molecule has 0 spiro atoms. The molecule has 1 atom stereocenters. The summed E-state index contributed by atoms with van der Waals surface area (Å²) >= 11 is 0. The molecule has 2 fully saturated rings. The first kappa shape index (κ1) is 11.4. The van der Waals surface area contributed by atoms with Crippen molar-refractivity contribution >= 4 is 11.9 Å². The lowest BCUT2D eigenvalue weighted by Gasteiger charge is -2.28. The van der Waals surface area contributed by atoms with Gasteiger partial charge in [-0.15, -0.1) is 0 Å². The molecule has 16 heavy (non-hydrogen) atoms. The summed E-state index contributed by atoms with van der Waals surface area (Å²) in [6.07, 6.45) is 3.57. The minimum atomic E-state index is -0.969. The molecule has 0 aromatic carbocycles. The summed E-state index contributed by atoms with van der Waals surface area (Å²) in [5.74, 6) is -1.06. The molecule has 0 aromatic rings. The molecule has 5 nitrogen and oxygen atoms in total. The van der Waals surface area contributed by atoms with Gasteiger partial charge >= 0.3 is 5.97 Å². The number of carboxylic acids is 1. The van der Waals surface area contributed by atoms with Crippen molar-refractivity contribution in [1.29, 1.82) is 0 Å². The molecule has 1 saturated carbocycles. The fraction of sp³-hybridized carbons (Fsp3) is 0.818. The van der Waals surface area contributed by atoms with E-state index >= 15 is 0 Å². The first-order chi connectivity index (χ1) is 7.55. The maximum absolute atomic E-state index is 12.1. The highest BCUT2D eigenvalue weighted by Crippen LogP contribution is 2.37. The zero-order chi connectivity index (χ0) is 11.8. The van der Waals surface area contributed by atoms with Crippen molar-refractivity contribution in [3.63, 3.8) is 0 Å². The van der Waals surface area contributed by atoms with Crippen LogP contribution in [-0.2, 0) is 9.59 Å². The van der Waals surface area contributed by atoms with Crippen LogP contribution in [0.4, 0.5) is 0 Å². The predicted molar refractivity (Wildman–Crippen MR) is 58.0 cm³/mol. The summed E-state index contributed by atoms with van der Waals surface area (Å²) in [5.41, 5.74) is -1.51. The van der Waals surface area contributed by atoms with Crippen LogP contribution in [0.15, 0.2) is 0 Å². The summed E-state index contributed by atoms with van der Waals surface area (Å²) in [6, 6.07) is 0. The second-order valence-corrected chi connectivity index (χ2v) is 4.81. The molecular weight excluding hydrogens is 208 g/mol. The van der Waals surface area contributed by atoms with E-state index in [1.807, 2.05) is 6.92 Å². The van der Waals surface area contributed by atoms with Crippen molar-refractivity contribution in [2.45, 2.75) is 50.1 Å². The van der Waals surface area contributed by atoms with Crippen LogP contribution >= 0.6 is 0 Å². The molecular formula is C11H18N2O3. The smallest absolute Gasteiger partial charge is 0.329 e. The quantitative estimate of drug-likeness (QED) is 0.642. The lowest BCUT2D eigenvalue weighted by atomic mass is 9.92. The fourth-order valence-corrected chi connectivity index (χ4v) is 2.32. The fourth-order valence-electron chi connectivity index (χ4n) is 2.32. The molecule has 1 unspecified atom stereocenters. The van der Waals surface area contributed by atoms with Crippen LogP contribution in [0.1, 0.15) is 39.0 Å². The van der Waals surface area contributed by atoms with E-state index in [0.717, 1.165) is 19.4 Å².